The van der Waals surface area contributed by atoms with Crippen LogP contribution in [0.4, 0.5) is 13.6 Å². The third kappa shape index (κ3) is 9.94. The van der Waals surface area contributed by atoms with Crippen molar-refractivity contribution in [3.8, 4) is 0 Å². The molecule has 0 fully saturated rings. The number of carbonyl (C=O) groups is 1. The first-order valence-corrected chi connectivity index (χ1v) is 4.74. The highest BCUT2D eigenvalue weighted by atomic mass is 127. The average molecular weight is 308 g/mol. The number of hydrogen-bond donors (Lipinski definition) is 0. The zero-order chi connectivity index (χ0) is 10.5. The van der Waals surface area contributed by atoms with Crippen molar-refractivity contribution in [1.82, 2.24) is 0 Å². The van der Waals surface area contributed by atoms with Crippen LogP contribution in [0.5, 0.6) is 0 Å². The van der Waals surface area contributed by atoms with Gasteiger partial charge in [0.1, 0.15) is 0 Å². The zero-order valence-corrected chi connectivity index (χ0v) is 9.51. The Kier molecular flexibility index (Phi) is 5.70. The Morgan fingerprint density at radius 2 is 2.15 bits per heavy atom. The highest BCUT2D eigenvalue weighted by molar-refractivity contribution is 14.1. The predicted octanol–water partition coefficient (Wildman–Crippen LogP) is 2.97. The fourth-order valence-electron chi connectivity index (χ4n) is 0.569. The van der Waals surface area contributed by atoms with Gasteiger partial charge >= 0.3 is 3.98 Å². The minimum absolute atomic E-state index is 0.130. The van der Waals surface area contributed by atoms with Crippen LogP contribution in [0, 0.1) is 0 Å². The van der Waals surface area contributed by atoms with E-state index in [9.17, 15) is 13.6 Å². The SMILES string of the molecule is CC(OCCC(C)(F)F)OC(=O)I. The monoisotopic (exact) mass is 308 g/mol. The second-order valence-electron chi connectivity index (χ2n) is 2.61. The molecule has 0 aliphatic heterocycles. The summed E-state index contributed by atoms with van der Waals surface area (Å²) in [6.07, 6.45) is -1.15. The van der Waals surface area contributed by atoms with Crippen LogP contribution in [-0.2, 0) is 9.47 Å². The standard InChI is InChI=1S/C7H11F2IO3/c1-5(13-6(10)11)12-4-3-7(2,8)9/h5H,3-4H2,1-2H3. The third-order valence-electron chi connectivity index (χ3n) is 1.15. The van der Waals surface area contributed by atoms with Gasteiger partial charge in [0.05, 0.1) is 29.2 Å². The highest BCUT2D eigenvalue weighted by Crippen LogP contribution is 2.16. The average Bonchev–Trinajstić information content (AvgIpc) is 1.81. The molecule has 0 saturated carbocycles. The second-order valence-corrected chi connectivity index (χ2v) is 3.49. The molecular weight excluding hydrogens is 297 g/mol. The Hall–Kier alpha value is 0.0200. The van der Waals surface area contributed by atoms with Crippen molar-refractivity contribution < 1.29 is 23.0 Å². The molecule has 0 heterocycles. The van der Waals surface area contributed by atoms with Crippen LogP contribution < -0.4 is 0 Å². The fraction of sp³-hybridized carbons (Fsp3) is 0.857. The Labute approximate surface area is 88.9 Å². The van der Waals surface area contributed by atoms with Gasteiger partial charge in [-0.1, -0.05) is 0 Å². The molecule has 0 aromatic heterocycles. The normalized spacial score (nSPS) is 13.9. The van der Waals surface area contributed by atoms with E-state index in [1.165, 1.54) is 29.5 Å². The number of hydrogen-bond acceptors (Lipinski definition) is 3. The molecule has 3 nitrogen and oxygen atoms in total. The Balaban J connectivity index is 3.48. The predicted molar refractivity (Wildman–Crippen MR) is 51.2 cm³/mol. The maximum atomic E-state index is 12.2. The van der Waals surface area contributed by atoms with Gasteiger partial charge in [-0.25, -0.2) is 13.6 Å². The fourth-order valence-corrected chi connectivity index (χ4v) is 0.927. The van der Waals surface area contributed by atoms with E-state index in [0.717, 1.165) is 6.92 Å². The Morgan fingerprint density at radius 3 is 2.54 bits per heavy atom. The molecule has 0 bridgehead atoms. The van der Waals surface area contributed by atoms with Gasteiger partial charge in [0.15, 0.2) is 0 Å². The molecule has 0 radical (unpaired) electrons. The van der Waals surface area contributed by atoms with Gasteiger partial charge in [-0.2, -0.15) is 0 Å². The lowest BCUT2D eigenvalue weighted by Gasteiger charge is -2.14. The molecule has 1 atom stereocenters. The highest BCUT2D eigenvalue weighted by Gasteiger charge is 2.21. The van der Waals surface area contributed by atoms with E-state index >= 15 is 0 Å². The summed E-state index contributed by atoms with van der Waals surface area (Å²) in [5, 5.41) is 0. The van der Waals surface area contributed by atoms with E-state index in [1.807, 2.05) is 0 Å². The maximum absolute atomic E-state index is 12.2. The van der Waals surface area contributed by atoms with Crippen molar-refractivity contribution in [3.63, 3.8) is 0 Å². The van der Waals surface area contributed by atoms with Crippen LogP contribution in [0.25, 0.3) is 0 Å². The van der Waals surface area contributed by atoms with Gasteiger partial charge in [-0.3, -0.25) is 0 Å². The van der Waals surface area contributed by atoms with E-state index < -0.39 is 16.2 Å². The first-order valence-electron chi connectivity index (χ1n) is 3.67. The molecule has 1 unspecified atom stereocenters. The number of ether oxygens (including phenoxy) is 2. The zero-order valence-electron chi connectivity index (χ0n) is 7.35. The molecule has 0 N–H and O–H groups in total. The molecule has 0 saturated heterocycles. The number of rotatable bonds is 5. The van der Waals surface area contributed by atoms with E-state index in [4.69, 9.17) is 4.74 Å². The summed E-state index contributed by atoms with van der Waals surface area (Å²) in [6, 6.07) is 0. The Morgan fingerprint density at radius 1 is 1.62 bits per heavy atom. The number of alkyl halides is 2. The smallest absolute Gasteiger partial charge is 0.369 e. The number of halogens is 3. The summed E-state index contributed by atoms with van der Waals surface area (Å²) in [6.45, 7) is 2.16. The van der Waals surface area contributed by atoms with Crippen molar-refractivity contribution >= 4 is 26.6 Å². The quantitative estimate of drug-likeness (QED) is 0.445. The largest absolute Gasteiger partial charge is 0.429 e. The van der Waals surface area contributed by atoms with Gasteiger partial charge in [0, 0.05) is 6.42 Å². The van der Waals surface area contributed by atoms with Crippen LogP contribution in [0.3, 0.4) is 0 Å². The van der Waals surface area contributed by atoms with Gasteiger partial charge in [0.2, 0.25) is 12.2 Å². The molecular formula is C7H11F2IO3. The maximum Gasteiger partial charge on any atom is 0.369 e. The molecule has 0 amide bonds. The van der Waals surface area contributed by atoms with Crippen LogP contribution in [-0.4, -0.2) is 22.8 Å². The lowest BCUT2D eigenvalue weighted by molar-refractivity contribution is -0.103. The van der Waals surface area contributed by atoms with E-state index in [2.05, 4.69) is 4.74 Å². The molecule has 0 spiro atoms. The van der Waals surface area contributed by atoms with E-state index in [1.54, 1.807) is 0 Å². The van der Waals surface area contributed by atoms with E-state index in [-0.39, 0.29) is 13.0 Å². The summed E-state index contributed by atoms with van der Waals surface area (Å²) in [7, 11) is 0. The minimum atomic E-state index is -2.74. The minimum Gasteiger partial charge on any atom is -0.429 e. The van der Waals surface area contributed by atoms with Gasteiger partial charge in [-0.05, 0) is 13.8 Å². The topological polar surface area (TPSA) is 35.5 Å². The first kappa shape index (κ1) is 13.0. The van der Waals surface area contributed by atoms with Gasteiger partial charge in [-0.15, -0.1) is 0 Å². The van der Waals surface area contributed by atoms with Crippen molar-refractivity contribution in [2.45, 2.75) is 32.5 Å². The van der Waals surface area contributed by atoms with Gasteiger partial charge in [0.25, 0.3) is 0 Å². The number of carbonyl (C=O) groups excluding carboxylic acids is 1. The first-order chi connectivity index (χ1) is 5.81. The molecule has 78 valence electrons. The summed E-state index contributed by atoms with van der Waals surface area (Å²) in [5.74, 6) is -2.74. The van der Waals surface area contributed by atoms with Crippen LogP contribution >= 0.6 is 22.6 Å². The summed E-state index contributed by atoms with van der Waals surface area (Å²) in [5.41, 5.74) is 0. The molecule has 0 aliphatic carbocycles. The van der Waals surface area contributed by atoms with Crippen LogP contribution in [0.15, 0.2) is 0 Å². The summed E-state index contributed by atoms with van der Waals surface area (Å²) in [4.78, 5) is 10.4. The van der Waals surface area contributed by atoms with Crippen molar-refractivity contribution in [2.75, 3.05) is 6.61 Å². The van der Waals surface area contributed by atoms with E-state index in [0.29, 0.717) is 0 Å². The molecule has 13 heavy (non-hydrogen) atoms. The second kappa shape index (κ2) is 5.69. The lowest BCUT2D eigenvalue weighted by atomic mass is 10.3. The van der Waals surface area contributed by atoms with Crippen molar-refractivity contribution in [3.05, 3.63) is 0 Å². The molecule has 0 aromatic carbocycles. The molecule has 0 rings (SSSR count). The van der Waals surface area contributed by atoms with Crippen LogP contribution in [0.1, 0.15) is 20.3 Å². The lowest BCUT2D eigenvalue weighted by Crippen LogP contribution is -2.19. The molecule has 6 heteroatoms. The third-order valence-corrected chi connectivity index (χ3v) is 1.41. The molecule has 0 aliphatic rings. The Bertz CT molecular complexity index is 170. The van der Waals surface area contributed by atoms with Gasteiger partial charge < -0.3 is 9.47 Å². The summed E-state index contributed by atoms with van der Waals surface area (Å²) < 4.78 is 33.3. The van der Waals surface area contributed by atoms with Crippen LogP contribution in [0.2, 0.25) is 0 Å². The summed E-state index contributed by atoms with van der Waals surface area (Å²) >= 11 is 1.44. The molecule has 0 aromatic rings. The van der Waals surface area contributed by atoms with Crippen molar-refractivity contribution in [2.24, 2.45) is 0 Å². The van der Waals surface area contributed by atoms with Crippen molar-refractivity contribution in [1.29, 1.82) is 0 Å².